The topological polar surface area (TPSA) is 122 Å². The van der Waals surface area contributed by atoms with Crippen molar-refractivity contribution in [1.29, 1.82) is 0 Å². The van der Waals surface area contributed by atoms with E-state index in [2.05, 4.69) is 4.98 Å². The molecule has 2 aromatic heterocycles. The second-order valence-electron chi connectivity index (χ2n) is 5.73. The predicted molar refractivity (Wildman–Crippen MR) is 96.7 cm³/mol. The zero-order valence-electron chi connectivity index (χ0n) is 13.9. The van der Waals surface area contributed by atoms with Gasteiger partial charge in [-0.15, -0.1) is 0 Å². The molecule has 0 saturated carbocycles. The van der Waals surface area contributed by atoms with Gasteiger partial charge in [0.25, 0.3) is 11.1 Å². The van der Waals surface area contributed by atoms with E-state index in [4.69, 9.17) is 17.3 Å². The predicted octanol–water partition coefficient (Wildman–Crippen LogP) is -0.0876. The quantitative estimate of drug-likeness (QED) is 0.638. The molecule has 0 unspecified atom stereocenters. The monoisotopic (exact) mass is 375 g/mol. The zero-order chi connectivity index (χ0) is 19.2. The number of benzene rings is 1. The smallest absolute Gasteiger partial charge is 0.332 e. The molecule has 0 aliphatic rings. The summed E-state index contributed by atoms with van der Waals surface area (Å²) < 4.78 is 2.85. The minimum absolute atomic E-state index is 0.253. The van der Waals surface area contributed by atoms with Gasteiger partial charge in [-0.25, -0.2) is 9.78 Å². The number of anilines is 1. The van der Waals surface area contributed by atoms with Crippen molar-refractivity contribution in [1.82, 2.24) is 18.7 Å². The van der Waals surface area contributed by atoms with Crippen LogP contribution in [-0.2, 0) is 20.6 Å². The third kappa shape index (κ3) is 2.72. The van der Waals surface area contributed by atoms with Crippen molar-refractivity contribution in [3.63, 3.8) is 0 Å². The van der Waals surface area contributed by atoms with Gasteiger partial charge in [-0.05, 0) is 18.2 Å². The molecule has 0 aliphatic heterocycles. The summed E-state index contributed by atoms with van der Waals surface area (Å²) in [5.41, 5.74) is 3.89. The number of Topliss-reactive ketones (excluding diaryl/α,β-unsaturated/α-hetero) is 1. The molecule has 3 rings (SSSR count). The number of nitrogen functional groups attached to an aromatic ring is 1. The molecule has 3 aromatic rings. The maximum absolute atomic E-state index is 12.6. The van der Waals surface area contributed by atoms with Crippen LogP contribution in [0.4, 0.5) is 5.82 Å². The molecule has 0 fully saturated rings. The van der Waals surface area contributed by atoms with E-state index in [0.29, 0.717) is 10.5 Å². The fourth-order valence-corrected chi connectivity index (χ4v) is 2.77. The number of halogens is 1. The number of nitrogens with zero attached hydrogens (tertiary/aromatic N) is 4. The van der Waals surface area contributed by atoms with Gasteiger partial charge in [-0.3, -0.25) is 28.1 Å². The van der Waals surface area contributed by atoms with Gasteiger partial charge < -0.3 is 5.73 Å². The fourth-order valence-electron chi connectivity index (χ4n) is 2.60. The van der Waals surface area contributed by atoms with E-state index in [1.807, 2.05) is 0 Å². The first kappa shape index (κ1) is 17.6. The molecule has 0 radical (unpaired) electrons. The summed E-state index contributed by atoms with van der Waals surface area (Å²) in [6, 6.07) is 4.58. The Morgan fingerprint density at radius 1 is 1.15 bits per heavy atom. The van der Waals surface area contributed by atoms with Crippen molar-refractivity contribution >= 4 is 34.1 Å². The zero-order valence-corrected chi connectivity index (χ0v) is 14.6. The Bertz CT molecular complexity index is 1240. The van der Waals surface area contributed by atoms with Crippen LogP contribution in [0, 0.1) is 0 Å². The third-order valence-electron chi connectivity index (χ3n) is 4.09. The number of nitrogens with two attached hydrogens (primary N) is 1. The highest BCUT2D eigenvalue weighted by Crippen LogP contribution is 2.14. The summed E-state index contributed by atoms with van der Waals surface area (Å²) in [7, 11) is 2.59. The summed E-state index contributed by atoms with van der Waals surface area (Å²) in [5, 5.41) is 0.714. The maximum Gasteiger partial charge on any atom is 0.332 e. The molecular formula is C16H14ClN5O4. The first-order valence-corrected chi connectivity index (χ1v) is 7.83. The van der Waals surface area contributed by atoms with Crippen LogP contribution in [0.2, 0.25) is 5.02 Å². The fraction of sp³-hybridized carbons (Fsp3) is 0.188. The first-order chi connectivity index (χ1) is 12.2. The molecule has 0 amide bonds. The standard InChI is InChI=1S/C16H14ClN5O4/c1-20-13(18)12(15(25)21(2)16(20)26)11(23)6-22-7-19-10-5-8(17)3-4-9(10)14(22)24/h3-5,7H,6,18H2,1-2H3. The molecule has 0 aliphatic carbocycles. The van der Waals surface area contributed by atoms with E-state index in [1.54, 1.807) is 6.07 Å². The van der Waals surface area contributed by atoms with Crippen LogP contribution >= 0.6 is 11.6 Å². The van der Waals surface area contributed by atoms with Crippen LogP contribution in [-0.4, -0.2) is 24.5 Å². The number of ketones is 1. The van der Waals surface area contributed by atoms with Crippen LogP contribution in [0.1, 0.15) is 10.4 Å². The van der Waals surface area contributed by atoms with E-state index in [0.717, 1.165) is 13.7 Å². The second kappa shape index (κ2) is 6.26. The minimum Gasteiger partial charge on any atom is -0.384 e. The van der Waals surface area contributed by atoms with Gasteiger partial charge in [-0.1, -0.05) is 11.6 Å². The Balaban J connectivity index is 2.10. The summed E-state index contributed by atoms with van der Waals surface area (Å²) in [4.78, 5) is 53.3. The van der Waals surface area contributed by atoms with Crippen molar-refractivity contribution in [2.24, 2.45) is 14.1 Å². The number of hydrogen-bond donors (Lipinski definition) is 1. The molecule has 1 aromatic carbocycles. The normalized spacial score (nSPS) is 11.0. The molecule has 2 N–H and O–H groups in total. The average molecular weight is 376 g/mol. The van der Waals surface area contributed by atoms with Gasteiger partial charge in [0, 0.05) is 19.1 Å². The lowest BCUT2D eigenvalue weighted by Crippen LogP contribution is -2.42. The van der Waals surface area contributed by atoms with Crippen LogP contribution in [0.5, 0.6) is 0 Å². The molecule has 0 spiro atoms. The number of hydrogen-bond acceptors (Lipinski definition) is 6. The maximum atomic E-state index is 12.6. The number of fused-ring (bicyclic) bond motifs is 1. The highest BCUT2D eigenvalue weighted by molar-refractivity contribution is 6.31. The van der Waals surface area contributed by atoms with Gasteiger partial charge >= 0.3 is 5.69 Å². The lowest BCUT2D eigenvalue weighted by atomic mass is 10.2. The van der Waals surface area contributed by atoms with E-state index < -0.39 is 29.1 Å². The summed E-state index contributed by atoms with van der Waals surface area (Å²) in [6.45, 7) is -0.442. The van der Waals surface area contributed by atoms with Crippen molar-refractivity contribution in [3.8, 4) is 0 Å². The van der Waals surface area contributed by atoms with Gasteiger partial charge in [0.15, 0.2) is 5.78 Å². The minimum atomic E-state index is -0.816. The highest BCUT2D eigenvalue weighted by Gasteiger charge is 2.21. The Labute approximate surface area is 150 Å². The summed E-state index contributed by atoms with van der Waals surface area (Å²) in [5.74, 6) is -0.951. The summed E-state index contributed by atoms with van der Waals surface area (Å²) in [6.07, 6.45) is 1.20. The van der Waals surface area contributed by atoms with E-state index in [-0.39, 0.29) is 16.8 Å². The lowest BCUT2D eigenvalue weighted by Gasteiger charge is -2.11. The lowest BCUT2D eigenvalue weighted by molar-refractivity contribution is 0.0968. The van der Waals surface area contributed by atoms with E-state index >= 15 is 0 Å². The highest BCUT2D eigenvalue weighted by atomic mass is 35.5. The van der Waals surface area contributed by atoms with Crippen LogP contribution < -0.4 is 22.5 Å². The van der Waals surface area contributed by atoms with Crippen molar-refractivity contribution in [2.75, 3.05) is 5.73 Å². The van der Waals surface area contributed by atoms with E-state index in [1.165, 1.54) is 32.6 Å². The molecular weight excluding hydrogens is 362 g/mol. The molecule has 0 atom stereocenters. The van der Waals surface area contributed by atoms with Crippen molar-refractivity contribution < 1.29 is 4.79 Å². The second-order valence-corrected chi connectivity index (χ2v) is 6.16. The Morgan fingerprint density at radius 2 is 1.85 bits per heavy atom. The number of rotatable bonds is 3. The molecule has 0 saturated heterocycles. The Hall–Kier alpha value is -3.20. The summed E-state index contributed by atoms with van der Waals surface area (Å²) >= 11 is 5.87. The number of carbonyl (C=O) groups excluding carboxylic acids is 1. The van der Waals surface area contributed by atoms with Gasteiger partial charge in [-0.2, -0.15) is 0 Å². The molecule has 10 heteroatoms. The van der Waals surface area contributed by atoms with Crippen LogP contribution in [0.15, 0.2) is 38.9 Å². The molecule has 134 valence electrons. The van der Waals surface area contributed by atoms with Crippen LogP contribution in [0.3, 0.4) is 0 Å². The SMILES string of the molecule is Cn1c(N)c(C(=O)Cn2cnc3cc(Cl)ccc3c2=O)c(=O)n(C)c1=O. The van der Waals surface area contributed by atoms with E-state index in [9.17, 15) is 19.2 Å². The number of carbonyl (C=O) groups is 1. The number of aromatic nitrogens is 4. The van der Waals surface area contributed by atoms with Crippen LogP contribution in [0.25, 0.3) is 10.9 Å². The third-order valence-corrected chi connectivity index (χ3v) is 4.32. The van der Waals surface area contributed by atoms with Gasteiger partial charge in [0.05, 0.1) is 23.8 Å². The van der Waals surface area contributed by atoms with Crippen molar-refractivity contribution in [3.05, 3.63) is 66.3 Å². The van der Waals surface area contributed by atoms with Gasteiger partial charge in [0.1, 0.15) is 11.4 Å². The molecule has 0 bridgehead atoms. The molecule has 9 nitrogen and oxygen atoms in total. The first-order valence-electron chi connectivity index (χ1n) is 7.45. The van der Waals surface area contributed by atoms with Crippen molar-refractivity contribution in [2.45, 2.75) is 6.54 Å². The average Bonchev–Trinajstić information content (AvgIpc) is 2.61. The Morgan fingerprint density at radius 3 is 2.54 bits per heavy atom. The van der Waals surface area contributed by atoms with Gasteiger partial charge in [0.2, 0.25) is 0 Å². The molecule has 26 heavy (non-hydrogen) atoms. The largest absolute Gasteiger partial charge is 0.384 e. The Kier molecular flexibility index (Phi) is 4.25. The molecule has 2 heterocycles.